The first-order chi connectivity index (χ1) is 34.6. The fraction of sp³-hybridized carbons (Fsp3) is 0.265. The topological polar surface area (TPSA) is 35.9 Å². The molecule has 0 N–H and O–H groups in total. The molecule has 378 valence electrons. The number of imidazole rings is 1. The zero-order chi connectivity index (χ0) is 51.7. The van der Waals surface area contributed by atoms with Crippen molar-refractivity contribution in [3.8, 4) is 39.8 Å². The van der Waals surface area contributed by atoms with Crippen molar-refractivity contribution in [2.24, 2.45) is 0 Å². The first-order valence-corrected chi connectivity index (χ1v) is 25.7. The molecule has 0 saturated heterocycles. The number of rotatable bonds is 10. The summed E-state index contributed by atoms with van der Waals surface area (Å²) >= 11 is 0. The Labute approximate surface area is 454 Å². The van der Waals surface area contributed by atoms with Crippen LogP contribution in [0.2, 0.25) is 0 Å². The van der Waals surface area contributed by atoms with Crippen molar-refractivity contribution < 1.29 is 30.4 Å². The largest absolute Gasteiger partial charge is 0.510 e. The minimum atomic E-state index is -0.435. The minimum Gasteiger partial charge on any atom is -0.510 e. The summed E-state index contributed by atoms with van der Waals surface area (Å²) in [5.41, 5.74) is 13.6. The first-order valence-electron chi connectivity index (χ1n) is 25.7. The summed E-state index contributed by atoms with van der Waals surface area (Å²) in [4.78, 5) is 5.01. The van der Waals surface area contributed by atoms with Gasteiger partial charge < -0.3 is 13.9 Å². The molecule has 3 aromatic heterocycles. The summed E-state index contributed by atoms with van der Waals surface area (Å²) < 4.78 is 13.6. The van der Waals surface area contributed by atoms with E-state index in [1.807, 2.05) is 12.3 Å². The number of nitrogens with zero attached hydrogens (tertiary/aromatic N) is 4. The predicted molar refractivity (Wildman–Crippen MR) is 301 cm³/mol. The van der Waals surface area contributed by atoms with E-state index in [-0.39, 0.29) is 42.7 Å². The number of benzene rings is 7. The van der Waals surface area contributed by atoms with Crippen LogP contribution in [-0.4, -0.2) is 14.1 Å². The van der Waals surface area contributed by atoms with Crippen LogP contribution in [0.25, 0.3) is 50.1 Å². The third-order valence-corrected chi connectivity index (χ3v) is 14.9. The molecule has 0 aliphatic heterocycles. The van der Waals surface area contributed by atoms with Crippen molar-refractivity contribution in [1.82, 2.24) is 14.1 Å². The maximum absolute atomic E-state index is 7.04. The summed E-state index contributed by atoms with van der Waals surface area (Å²) in [5, 5.41) is 2.21. The van der Waals surface area contributed by atoms with Gasteiger partial charge in [0.1, 0.15) is 5.82 Å². The molecule has 10 aromatic rings. The van der Waals surface area contributed by atoms with Gasteiger partial charge >= 0.3 is 0 Å². The maximum Gasteiger partial charge on any atom is 0.267 e. The number of hydrogen-bond donors (Lipinski definition) is 0. The van der Waals surface area contributed by atoms with Crippen LogP contribution < -0.4 is 9.30 Å². The summed E-state index contributed by atoms with van der Waals surface area (Å²) in [6, 6.07) is 66.2. The second kappa shape index (κ2) is 19.5. The Bertz CT molecular complexity index is 3600. The van der Waals surface area contributed by atoms with Crippen LogP contribution in [0.4, 0.5) is 0 Å². The Morgan fingerprint density at radius 3 is 1.68 bits per heavy atom. The fourth-order valence-electron chi connectivity index (χ4n) is 10.0. The van der Waals surface area contributed by atoms with E-state index >= 15 is 0 Å². The standard InChI is InChI=1S/C68H68N4O.Pt/c1-64(2,3)50-33-34-69-63(41-50)72-60-32-29-51(67(10,11)48-25-19-15-20-26-48)40-59(60)58-31-30-56(43-61(58)72)73-57-36-47(46-23-17-14-18-24-46)35-55(42-57)71-45-70(44-62(71)68(12,13)49-27-21-16-22-28-49)54-38-52(65(4,5)6)37-53(39-54)66(7,8)9;/h14-41,44H,1-13H3;/q-2;. The van der Waals surface area contributed by atoms with Gasteiger partial charge in [0.05, 0.1) is 11.4 Å². The van der Waals surface area contributed by atoms with Gasteiger partial charge in [-0.3, -0.25) is 4.57 Å². The molecule has 0 amide bonds. The average molecular weight is 1150 g/mol. The summed E-state index contributed by atoms with van der Waals surface area (Å²) in [6.45, 7) is 29.6. The van der Waals surface area contributed by atoms with Crippen LogP contribution in [0.3, 0.4) is 0 Å². The molecule has 5 nitrogen and oxygen atoms in total. The fourth-order valence-corrected chi connectivity index (χ4v) is 10.0. The van der Waals surface area contributed by atoms with Crippen molar-refractivity contribution in [2.45, 2.75) is 117 Å². The maximum atomic E-state index is 7.04. The van der Waals surface area contributed by atoms with Gasteiger partial charge in [0.15, 0.2) is 0 Å². The normalized spacial score (nSPS) is 12.6. The van der Waals surface area contributed by atoms with Crippen molar-refractivity contribution in [3.05, 3.63) is 234 Å². The number of ether oxygens (including phenoxy) is 1. The minimum absolute atomic E-state index is 0. The zero-order valence-electron chi connectivity index (χ0n) is 45.3. The molecular weight excluding hydrogens is 1080 g/mol. The Kier molecular flexibility index (Phi) is 13.7. The first kappa shape index (κ1) is 52.1. The van der Waals surface area contributed by atoms with Crippen molar-refractivity contribution in [1.29, 1.82) is 0 Å². The van der Waals surface area contributed by atoms with E-state index in [4.69, 9.17) is 9.72 Å². The molecule has 3 heterocycles. The second-order valence-electron chi connectivity index (χ2n) is 24.0. The van der Waals surface area contributed by atoms with E-state index in [0.29, 0.717) is 11.5 Å². The van der Waals surface area contributed by atoms with Gasteiger partial charge in [0.25, 0.3) is 6.33 Å². The van der Waals surface area contributed by atoms with Gasteiger partial charge in [0.2, 0.25) is 0 Å². The summed E-state index contributed by atoms with van der Waals surface area (Å²) in [6.07, 6.45) is 8.02. The van der Waals surface area contributed by atoms with Crippen LogP contribution in [0.5, 0.6) is 11.5 Å². The number of pyridine rings is 1. The Morgan fingerprint density at radius 1 is 0.473 bits per heavy atom. The van der Waals surface area contributed by atoms with Crippen molar-refractivity contribution in [3.63, 3.8) is 0 Å². The average Bonchev–Trinajstić information content (AvgIpc) is 3.97. The van der Waals surface area contributed by atoms with E-state index in [1.54, 1.807) is 0 Å². The molecule has 0 saturated carbocycles. The zero-order valence-corrected chi connectivity index (χ0v) is 47.5. The smallest absolute Gasteiger partial charge is 0.267 e. The third-order valence-electron chi connectivity index (χ3n) is 14.9. The number of hydrogen-bond acceptors (Lipinski definition) is 2. The monoisotopic (exact) mass is 1150 g/mol. The Morgan fingerprint density at radius 2 is 1.07 bits per heavy atom. The molecule has 0 aliphatic carbocycles. The van der Waals surface area contributed by atoms with Gasteiger partial charge in [-0.1, -0.05) is 205 Å². The molecule has 0 unspecified atom stereocenters. The van der Waals surface area contributed by atoms with E-state index in [1.165, 1.54) is 33.4 Å². The van der Waals surface area contributed by atoms with E-state index in [9.17, 15) is 0 Å². The van der Waals surface area contributed by atoms with Crippen LogP contribution in [-0.2, 0) is 48.1 Å². The Balaban J connectivity index is 0.00000672. The Hall–Kier alpha value is -6.81. The molecule has 0 aliphatic rings. The molecule has 0 fully saturated rings. The van der Waals surface area contributed by atoms with E-state index in [0.717, 1.165) is 55.8 Å². The predicted octanol–water partition coefficient (Wildman–Crippen LogP) is 16.6. The van der Waals surface area contributed by atoms with Crippen LogP contribution in [0, 0.1) is 18.5 Å². The number of fused-ring (bicyclic) bond motifs is 3. The quantitative estimate of drug-likeness (QED) is 0.101. The molecular formula is C68H68N4OPt-2. The molecule has 0 atom stereocenters. The van der Waals surface area contributed by atoms with E-state index < -0.39 is 5.41 Å². The van der Waals surface area contributed by atoms with Gasteiger partial charge in [-0.05, 0) is 96.6 Å². The molecule has 0 bridgehead atoms. The van der Waals surface area contributed by atoms with Gasteiger partial charge in [0, 0.05) is 61.3 Å². The van der Waals surface area contributed by atoms with Crippen LogP contribution >= 0.6 is 0 Å². The number of aromatic nitrogens is 4. The van der Waals surface area contributed by atoms with Crippen LogP contribution in [0.15, 0.2) is 176 Å². The van der Waals surface area contributed by atoms with Crippen molar-refractivity contribution >= 4 is 21.8 Å². The molecule has 7 aromatic carbocycles. The summed E-state index contributed by atoms with van der Waals surface area (Å²) in [7, 11) is 0. The van der Waals surface area contributed by atoms with Gasteiger partial charge in [-0.25, -0.2) is 4.98 Å². The second-order valence-corrected chi connectivity index (χ2v) is 24.0. The molecule has 6 heteroatoms. The SMILES string of the molecule is CC(C)(C)c1cc(-[n+]2[c-]n(-c3[c-]c(Oc4[c-]c5c(cc4)c4cc(C(C)(C)c6ccccc6)ccc4n5-c4cc(C(C)(C)C)ccn4)cc(-c4ccccc4)c3)c(C(C)(C)c3ccccc3)c2)cc(C(C)(C)C)c1.[Pt]. The molecule has 10 rings (SSSR count). The van der Waals surface area contributed by atoms with Gasteiger partial charge in [-0.2, -0.15) is 12.1 Å². The third kappa shape index (κ3) is 10.1. The van der Waals surface area contributed by atoms with E-state index in [2.05, 4.69) is 286 Å². The molecule has 74 heavy (non-hydrogen) atoms. The molecule has 0 radical (unpaired) electrons. The summed E-state index contributed by atoms with van der Waals surface area (Å²) in [5.74, 6) is 1.98. The van der Waals surface area contributed by atoms with Crippen molar-refractivity contribution in [2.75, 3.05) is 0 Å². The van der Waals surface area contributed by atoms with Gasteiger partial charge in [-0.15, -0.1) is 35.2 Å². The molecule has 0 spiro atoms. The van der Waals surface area contributed by atoms with Crippen LogP contribution in [0.1, 0.15) is 129 Å².